The number of nitro groups is 1. The topological polar surface area (TPSA) is 123 Å². The van der Waals surface area contributed by atoms with Crippen molar-refractivity contribution in [1.29, 1.82) is 0 Å². The predicted molar refractivity (Wildman–Crippen MR) is 137 cm³/mol. The van der Waals surface area contributed by atoms with Crippen LogP contribution in [0.3, 0.4) is 0 Å². The standard InChI is InChI=1S/C26H28N6O5/c1-36-21-4-2-3-18(15-21)16-24-28-23-9-10-31(17-22(23)25(29-24)30-11-13-37-14-12-30)26(33)27-19-5-7-20(8-6-19)32(34)35/h2-8,15H,9-14,16-17H2,1H3,(H,27,33). The van der Waals surface area contributed by atoms with Crippen LogP contribution < -0.4 is 15.0 Å². The number of methoxy groups -OCH3 is 1. The first-order valence-electron chi connectivity index (χ1n) is 12.1. The van der Waals surface area contributed by atoms with Crippen molar-refractivity contribution in [2.24, 2.45) is 0 Å². The minimum absolute atomic E-state index is 0.0260. The molecule has 11 nitrogen and oxygen atoms in total. The number of carbonyl (C=O) groups excluding carboxylic acids is 1. The van der Waals surface area contributed by atoms with E-state index in [1.807, 2.05) is 24.3 Å². The van der Waals surface area contributed by atoms with Gasteiger partial charge in [-0.15, -0.1) is 0 Å². The molecule has 1 saturated heterocycles. The van der Waals surface area contributed by atoms with E-state index in [4.69, 9.17) is 19.4 Å². The summed E-state index contributed by atoms with van der Waals surface area (Å²) in [5.74, 6) is 2.37. The van der Waals surface area contributed by atoms with Gasteiger partial charge in [0.2, 0.25) is 0 Å². The molecule has 2 amide bonds. The number of hydrogen-bond donors (Lipinski definition) is 1. The average molecular weight is 505 g/mol. The second-order valence-corrected chi connectivity index (χ2v) is 8.92. The Labute approximate surface area is 214 Å². The van der Waals surface area contributed by atoms with E-state index in [0.29, 0.717) is 44.8 Å². The summed E-state index contributed by atoms with van der Waals surface area (Å²) in [7, 11) is 1.65. The van der Waals surface area contributed by atoms with Crippen molar-refractivity contribution in [2.75, 3.05) is 50.2 Å². The molecule has 0 bridgehead atoms. The molecule has 2 aliphatic heterocycles. The van der Waals surface area contributed by atoms with Crippen molar-refractivity contribution in [3.63, 3.8) is 0 Å². The van der Waals surface area contributed by atoms with E-state index >= 15 is 0 Å². The number of hydrogen-bond acceptors (Lipinski definition) is 8. The van der Waals surface area contributed by atoms with Crippen LogP contribution in [0.25, 0.3) is 0 Å². The number of rotatable bonds is 6. The van der Waals surface area contributed by atoms with E-state index in [-0.39, 0.29) is 11.7 Å². The number of urea groups is 1. The van der Waals surface area contributed by atoms with Gasteiger partial charge in [0.1, 0.15) is 17.4 Å². The Bertz CT molecular complexity index is 1290. The fourth-order valence-corrected chi connectivity index (χ4v) is 4.57. The van der Waals surface area contributed by atoms with Crippen molar-refractivity contribution in [3.8, 4) is 5.75 Å². The molecular weight excluding hydrogens is 476 g/mol. The smallest absolute Gasteiger partial charge is 0.322 e. The van der Waals surface area contributed by atoms with Crippen LogP contribution in [0.1, 0.15) is 22.6 Å². The van der Waals surface area contributed by atoms with Gasteiger partial charge in [0.15, 0.2) is 0 Å². The number of amides is 2. The van der Waals surface area contributed by atoms with Gasteiger partial charge in [0, 0.05) is 55.9 Å². The first-order chi connectivity index (χ1) is 18.0. The molecule has 1 aromatic heterocycles. The maximum atomic E-state index is 13.0. The molecule has 192 valence electrons. The van der Waals surface area contributed by atoms with E-state index < -0.39 is 4.92 Å². The molecule has 1 N–H and O–H groups in total. The molecule has 2 aromatic carbocycles. The maximum absolute atomic E-state index is 13.0. The van der Waals surface area contributed by atoms with Crippen LogP contribution in [0.4, 0.5) is 22.0 Å². The molecule has 5 rings (SSSR count). The summed E-state index contributed by atoms with van der Waals surface area (Å²) in [5.41, 5.74) is 3.43. The van der Waals surface area contributed by atoms with Gasteiger partial charge in [-0.25, -0.2) is 14.8 Å². The number of morpholine rings is 1. The Morgan fingerprint density at radius 2 is 1.92 bits per heavy atom. The lowest BCUT2D eigenvalue weighted by molar-refractivity contribution is -0.384. The number of non-ortho nitro benzene ring substituents is 1. The molecule has 0 unspecified atom stereocenters. The number of ether oxygens (including phenoxy) is 2. The minimum atomic E-state index is -0.469. The number of nitro benzene ring substituents is 1. The summed E-state index contributed by atoms with van der Waals surface area (Å²) in [5, 5.41) is 13.7. The normalized spacial score (nSPS) is 15.2. The third-order valence-corrected chi connectivity index (χ3v) is 6.51. The van der Waals surface area contributed by atoms with Crippen LogP contribution in [-0.2, 0) is 24.1 Å². The Kier molecular flexibility index (Phi) is 7.13. The lowest BCUT2D eigenvalue weighted by Crippen LogP contribution is -2.42. The van der Waals surface area contributed by atoms with Gasteiger partial charge >= 0.3 is 6.03 Å². The quantitative estimate of drug-likeness (QED) is 0.400. The molecule has 1 fully saturated rings. The zero-order valence-electron chi connectivity index (χ0n) is 20.6. The highest BCUT2D eigenvalue weighted by atomic mass is 16.6. The average Bonchev–Trinajstić information content (AvgIpc) is 2.93. The van der Waals surface area contributed by atoms with Gasteiger partial charge < -0.3 is 24.6 Å². The summed E-state index contributed by atoms with van der Waals surface area (Å²) in [4.78, 5) is 37.3. The van der Waals surface area contributed by atoms with Crippen LogP contribution in [0, 0.1) is 10.1 Å². The second kappa shape index (κ2) is 10.8. The lowest BCUT2D eigenvalue weighted by Gasteiger charge is -2.34. The number of anilines is 2. The molecule has 0 radical (unpaired) electrons. The number of benzene rings is 2. The highest BCUT2D eigenvalue weighted by molar-refractivity contribution is 5.89. The third kappa shape index (κ3) is 5.61. The molecule has 2 aliphatic rings. The molecule has 3 aromatic rings. The Hall–Kier alpha value is -4.25. The van der Waals surface area contributed by atoms with Gasteiger partial charge in [-0.2, -0.15) is 0 Å². The molecule has 11 heteroatoms. The number of aromatic nitrogens is 2. The van der Waals surface area contributed by atoms with Gasteiger partial charge in [-0.05, 0) is 29.8 Å². The summed E-state index contributed by atoms with van der Waals surface area (Å²) >= 11 is 0. The highest BCUT2D eigenvalue weighted by Crippen LogP contribution is 2.29. The Balaban J connectivity index is 1.38. The number of nitrogens with zero attached hydrogens (tertiary/aromatic N) is 5. The van der Waals surface area contributed by atoms with E-state index in [1.165, 1.54) is 24.3 Å². The van der Waals surface area contributed by atoms with Gasteiger partial charge in [0.25, 0.3) is 5.69 Å². The monoisotopic (exact) mass is 504 g/mol. The fraction of sp³-hybridized carbons (Fsp3) is 0.346. The van der Waals surface area contributed by atoms with Crippen molar-refractivity contribution in [3.05, 3.63) is 81.3 Å². The Morgan fingerprint density at radius 3 is 2.65 bits per heavy atom. The molecular formula is C26H28N6O5. The number of carbonyl (C=O) groups is 1. The van der Waals surface area contributed by atoms with Crippen LogP contribution in [0.5, 0.6) is 5.75 Å². The molecule has 0 aliphatic carbocycles. The largest absolute Gasteiger partial charge is 0.497 e. The van der Waals surface area contributed by atoms with Gasteiger partial charge in [-0.3, -0.25) is 10.1 Å². The van der Waals surface area contributed by atoms with Crippen LogP contribution in [0.2, 0.25) is 0 Å². The molecule has 37 heavy (non-hydrogen) atoms. The van der Waals surface area contributed by atoms with E-state index in [9.17, 15) is 14.9 Å². The zero-order chi connectivity index (χ0) is 25.8. The summed E-state index contributed by atoms with van der Waals surface area (Å²) in [6.07, 6.45) is 1.18. The Morgan fingerprint density at radius 1 is 1.14 bits per heavy atom. The molecule has 3 heterocycles. The molecule has 0 saturated carbocycles. The summed E-state index contributed by atoms with van der Waals surface area (Å²) in [6, 6.07) is 13.4. The fourth-order valence-electron chi connectivity index (χ4n) is 4.57. The summed E-state index contributed by atoms with van der Waals surface area (Å²) in [6.45, 7) is 3.56. The third-order valence-electron chi connectivity index (χ3n) is 6.51. The minimum Gasteiger partial charge on any atom is -0.497 e. The molecule has 0 atom stereocenters. The first-order valence-corrected chi connectivity index (χ1v) is 12.1. The summed E-state index contributed by atoms with van der Waals surface area (Å²) < 4.78 is 10.9. The van der Waals surface area contributed by atoms with Crippen LogP contribution in [-0.4, -0.2) is 65.8 Å². The van der Waals surface area contributed by atoms with Crippen molar-refractivity contribution < 1.29 is 19.2 Å². The van der Waals surface area contributed by atoms with Crippen molar-refractivity contribution in [1.82, 2.24) is 14.9 Å². The molecule has 0 spiro atoms. The zero-order valence-corrected chi connectivity index (χ0v) is 20.6. The predicted octanol–water partition coefficient (Wildman–Crippen LogP) is 3.41. The van der Waals surface area contributed by atoms with Crippen LogP contribution in [0.15, 0.2) is 48.5 Å². The SMILES string of the molecule is COc1cccc(Cc2nc3c(c(N4CCOCC4)n2)CN(C(=O)Nc2ccc([N+](=O)[O-])cc2)CC3)c1. The van der Waals surface area contributed by atoms with Gasteiger partial charge in [-0.1, -0.05) is 12.1 Å². The maximum Gasteiger partial charge on any atom is 0.322 e. The lowest BCUT2D eigenvalue weighted by atomic mass is 10.0. The number of fused-ring (bicyclic) bond motifs is 1. The first kappa shape index (κ1) is 24.4. The van der Waals surface area contributed by atoms with Crippen molar-refractivity contribution in [2.45, 2.75) is 19.4 Å². The van der Waals surface area contributed by atoms with Gasteiger partial charge in [0.05, 0.1) is 37.5 Å². The second-order valence-electron chi connectivity index (χ2n) is 8.92. The van der Waals surface area contributed by atoms with Crippen LogP contribution >= 0.6 is 0 Å². The highest BCUT2D eigenvalue weighted by Gasteiger charge is 2.28. The van der Waals surface area contributed by atoms with E-state index in [1.54, 1.807) is 12.0 Å². The van der Waals surface area contributed by atoms with E-state index in [2.05, 4.69) is 10.2 Å². The van der Waals surface area contributed by atoms with Crippen molar-refractivity contribution >= 4 is 23.2 Å². The van der Waals surface area contributed by atoms with E-state index in [0.717, 1.165) is 47.3 Å². The number of nitrogens with one attached hydrogen (secondary N) is 1.